The molecule has 0 aliphatic carbocycles. The van der Waals surface area contributed by atoms with E-state index in [1.165, 1.54) is 0 Å². The standard InChI is InChI=1S/2C6H6N2.Ni/c2*7-5-3-1-2-4-6(5)8;/h2*1-4,7-8H;/q-2;-1;+3. The predicted octanol–water partition coefficient (Wildman–Crippen LogP) is 2.91. The Morgan fingerprint density at radius 1 is 0.882 bits per heavy atom. The van der Waals surface area contributed by atoms with Crippen LogP contribution in [0.4, 0.5) is 22.7 Å². The minimum absolute atomic E-state index is 0.497. The molecule has 0 unspecified atom stereocenters. The average Bonchev–Trinajstić information content (AvgIpc) is 2.74. The van der Waals surface area contributed by atoms with Gasteiger partial charge in [0, 0.05) is 0 Å². The normalized spacial score (nSPS) is 14.7. The second-order valence-corrected chi connectivity index (χ2v) is 5.05. The van der Waals surface area contributed by atoms with Gasteiger partial charge in [0.05, 0.1) is 0 Å². The van der Waals surface area contributed by atoms with Gasteiger partial charge >= 0.3 is 104 Å². The molecule has 0 atom stereocenters. The summed E-state index contributed by atoms with van der Waals surface area (Å²) >= 11 is -0.497. The summed E-state index contributed by atoms with van der Waals surface area (Å²) in [5, 5.41) is 0. The van der Waals surface area contributed by atoms with Crippen LogP contribution in [0.3, 0.4) is 0 Å². The maximum absolute atomic E-state index is 7.78. The maximum atomic E-state index is 7.78. The van der Waals surface area contributed by atoms with Crippen molar-refractivity contribution in [2.45, 2.75) is 0 Å². The summed E-state index contributed by atoms with van der Waals surface area (Å²) < 4.78 is 9.98. The quantitative estimate of drug-likeness (QED) is 0.736. The van der Waals surface area contributed by atoms with Crippen molar-refractivity contribution in [1.82, 2.24) is 5.73 Å². The number of anilines is 3. The van der Waals surface area contributed by atoms with E-state index in [2.05, 4.69) is 13.2 Å². The summed E-state index contributed by atoms with van der Waals surface area (Å²) in [6.07, 6.45) is 0. The van der Waals surface area contributed by atoms with Crippen LogP contribution in [0.1, 0.15) is 0 Å². The summed E-state index contributed by atoms with van der Waals surface area (Å²) in [7, 11) is 0. The molecule has 1 aliphatic rings. The fourth-order valence-corrected chi connectivity index (χ4v) is 3.12. The molecule has 0 spiro atoms. The summed E-state index contributed by atoms with van der Waals surface area (Å²) in [6, 6.07) is 15.5. The van der Waals surface area contributed by atoms with Crippen molar-refractivity contribution in [3.63, 3.8) is 0 Å². The number of hydrogen-bond donors (Lipinski definition) is 3. The van der Waals surface area contributed by atoms with Gasteiger partial charge in [0.25, 0.3) is 0 Å². The van der Waals surface area contributed by atoms with Crippen LogP contribution in [0.2, 0.25) is 0 Å². The van der Waals surface area contributed by atoms with E-state index in [9.17, 15) is 0 Å². The molecule has 0 fully saturated rings. The first-order valence-corrected chi connectivity index (χ1v) is 6.61. The Morgan fingerprint density at radius 3 is 2.12 bits per heavy atom. The summed E-state index contributed by atoms with van der Waals surface area (Å²) in [5.41, 5.74) is 11.3. The first-order valence-electron chi connectivity index (χ1n) is 5.13. The van der Waals surface area contributed by atoms with Gasteiger partial charge in [0.15, 0.2) is 0 Å². The van der Waals surface area contributed by atoms with E-state index in [4.69, 9.17) is 5.73 Å². The van der Waals surface area contributed by atoms with Crippen LogP contribution in [-0.4, -0.2) is 0 Å². The minimum atomic E-state index is -0.497. The second kappa shape index (κ2) is 4.19. The first-order chi connectivity index (χ1) is 8.33. The van der Waals surface area contributed by atoms with Gasteiger partial charge in [-0.15, -0.1) is 0 Å². The topological polar surface area (TPSA) is 59.9 Å². The fourth-order valence-electron chi connectivity index (χ4n) is 1.49. The van der Waals surface area contributed by atoms with Crippen molar-refractivity contribution >= 4 is 22.7 Å². The molecule has 1 heterocycles. The van der Waals surface area contributed by atoms with Crippen molar-refractivity contribution < 1.29 is 14.1 Å². The third-order valence-electron chi connectivity index (χ3n) is 2.35. The first kappa shape index (κ1) is 10.3. The molecule has 1 aliphatic heterocycles. The van der Waals surface area contributed by atoms with E-state index in [-0.39, 0.29) is 0 Å². The van der Waals surface area contributed by atoms with E-state index in [0.717, 1.165) is 17.1 Å². The Labute approximate surface area is 104 Å². The van der Waals surface area contributed by atoms with Crippen molar-refractivity contribution in [3.8, 4) is 0 Å². The molecule has 1 radical (unpaired) electrons. The zero-order valence-corrected chi connectivity index (χ0v) is 9.92. The number of fused-ring (bicyclic) bond motifs is 1. The van der Waals surface area contributed by atoms with Gasteiger partial charge in [-0.3, -0.25) is 0 Å². The summed E-state index contributed by atoms with van der Waals surface area (Å²) in [5.74, 6) is 0. The number of nitrogens with one attached hydrogen (secondary N) is 4. The molecule has 0 aromatic heterocycles. The van der Waals surface area contributed by atoms with Gasteiger partial charge in [-0.2, -0.15) is 0 Å². The van der Waals surface area contributed by atoms with Crippen LogP contribution in [0.15, 0.2) is 48.5 Å². The molecule has 2 aromatic carbocycles. The van der Waals surface area contributed by atoms with Crippen molar-refractivity contribution in [1.29, 1.82) is 0 Å². The molecule has 0 saturated carbocycles. The molecule has 0 bridgehead atoms. The summed E-state index contributed by atoms with van der Waals surface area (Å²) in [6.45, 7) is 0. The SMILES string of the molecule is [NH]c1ccccc1[NH][Ni]1[NH]c2ccccc2[NH]1. The molecule has 17 heavy (non-hydrogen) atoms. The Kier molecular flexibility index (Phi) is 2.54. The average molecular weight is 271 g/mol. The van der Waals surface area contributed by atoms with E-state index in [0.29, 0.717) is 5.69 Å². The number of rotatable bonds is 2. The monoisotopic (exact) mass is 270 g/mol. The Hall–Kier alpha value is -1.87. The molecule has 4 nitrogen and oxygen atoms in total. The van der Waals surface area contributed by atoms with Gasteiger partial charge < -0.3 is 0 Å². The van der Waals surface area contributed by atoms with Gasteiger partial charge in [0.2, 0.25) is 0 Å². The molecule has 4 N–H and O–H groups in total. The van der Waals surface area contributed by atoms with Gasteiger partial charge in [-0.05, 0) is 0 Å². The van der Waals surface area contributed by atoms with Crippen LogP contribution in [0, 0.1) is 0 Å². The summed E-state index contributed by atoms with van der Waals surface area (Å²) in [4.78, 5) is 0. The number of para-hydroxylation sites is 3. The number of hydrogen-bond acceptors (Lipinski definition) is 3. The van der Waals surface area contributed by atoms with Crippen LogP contribution in [-0.2, 0) is 14.1 Å². The van der Waals surface area contributed by atoms with Crippen molar-refractivity contribution in [3.05, 3.63) is 48.5 Å². The Balaban J connectivity index is 1.76. The second-order valence-electron chi connectivity index (χ2n) is 3.57. The third kappa shape index (κ3) is 2.02. The molecule has 0 saturated heterocycles. The van der Waals surface area contributed by atoms with Crippen LogP contribution in [0.25, 0.3) is 0 Å². The molecule has 0 amide bonds. The van der Waals surface area contributed by atoms with E-state index < -0.39 is 14.1 Å². The Bertz CT molecular complexity index is 519. The zero-order chi connectivity index (χ0) is 11.7. The van der Waals surface area contributed by atoms with Crippen LogP contribution in [0.5, 0.6) is 0 Å². The van der Waals surface area contributed by atoms with Crippen molar-refractivity contribution in [2.24, 2.45) is 0 Å². The van der Waals surface area contributed by atoms with Gasteiger partial charge in [-0.25, -0.2) is 0 Å². The van der Waals surface area contributed by atoms with E-state index >= 15 is 0 Å². The zero-order valence-electron chi connectivity index (χ0n) is 8.94. The van der Waals surface area contributed by atoms with Crippen LogP contribution < -0.4 is 18.9 Å². The molecule has 90 valence electrons. The van der Waals surface area contributed by atoms with E-state index in [1.54, 1.807) is 6.07 Å². The van der Waals surface area contributed by atoms with E-state index in [1.807, 2.05) is 42.5 Å². The van der Waals surface area contributed by atoms with Crippen LogP contribution >= 0.6 is 0 Å². The van der Waals surface area contributed by atoms with Gasteiger partial charge in [0.1, 0.15) is 0 Å². The Morgan fingerprint density at radius 2 is 1.47 bits per heavy atom. The number of benzene rings is 2. The predicted molar refractivity (Wildman–Crippen MR) is 66.5 cm³/mol. The van der Waals surface area contributed by atoms with Crippen molar-refractivity contribution in [2.75, 3.05) is 13.2 Å². The molecule has 3 rings (SSSR count). The molecule has 5 heteroatoms. The molecule has 2 aromatic rings. The molecular formula is C12H12N4Ni. The molecular weight excluding hydrogens is 259 g/mol. The van der Waals surface area contributed by atoms with Gasteiger partial charge in [-0.1, -0.05) is 0 Å². The third-order valence-corrected chi connectivity index (χ3v) is 3.89. The fraction of sp³-hybridized carbons (Fsp3) is 0.